The monoisotopic (exact) mass is 456 g/mol. The van der Waals surface area contributed by atoms with E-state index in [4.69, 9.17) is 16.6 Å². The van der Waals surface area contributed by atoms with E-state index in [0.29, 0.717) is 5.02 Å². The van der Waals surface area contributed by atoms with Crippen LogP contribution < -0.4 is 10.1 Å². The minimum absolute atomic E-state index is 0.146. The summed E-state index contributed by atoms with van der Waals surface area (Å²) in [4.78, 5) is 7.26. The van der Waals surface area contributed by atoms with Crippen molar-refractivity contribution in [3.8, 4) is 17.1 Å². The Kier molecular flexibility index (Phi) is 5.95. The Hall–Kier alpha value is -2.74. The van der Waals surface area contributed by atoms with Gasteiger partial charge in [-0.2, -0.15) is 8.78 Å². The van der Waals surface area contributed by atoms with Crippen LogP contribution in [0.1, 0.15) is 0 Å². The van der Waals surface area contributed by atoms with Crippen molar-refractivity contribution in [2.75, 3.05) is 32.7 Å². The van der Waals surface area contributed by atoms with Gasteiger partial charge in [0.1, 0.15) is 5.75 Å². The highest BCUT2D eigenvalue weighted by Crippen LogP contribution is 2.32. The van der Waals surface area contributed by atoms with Gasteiger partial charge in [0, 0.05) is 55.6 Å². The van der Waals surface area contributed by atoms with Gasteiger partial charge < -0.3 is 14.6 Å². The summed E-state index contributed by atoms with van der Waals surface area (Å²) in [6.07, 6.45) is 0. The zero-order chi connectivity index (χ0) is 22.1. The fourth-order valence-electron chi connectivity index (χ4n) is 4.31. The van der Waals surface area contributed by atoms with E-state index in [9.17, 15) is 8.78 Å². The van der Waals surface area contributed by atoms with Crippen LogP contribution in [0.2, 0.25) is 5.02 Å². The number of alkyl halides is 2. The maximum atomic E-state index is 12.7. The molecule has 0 amide bonds. The number of fused-ring (bicyclic) bond motifs is 2. The lowest BCUT2D eigenvalue weighted by Crippen LogP contribution is -2.44. The predicted octanol–water partition coefficient (Wildman–Crippen LogP) is 5.02. The average Bonchev–Trinajstić information content (AvgIpc) is 3.16. The standard InChI is InChI=1S/C24H23ClF2N4O/c25-19-3-1-2-16-4-6-20(29-23(16)19)22-15-17-14-18(32-24(26)27)5-7-21(17)31(22)13-12-30-10-8-28-9-11-30/h1-7,14-15,24,28H,8-13H2. The van der Waals surface area contributed by atoms with Crippen LogP contribution in [0.15, 0.2) is 54.6 Å². The molecule has 1 saturated heterocycles. The Bertz CT molecular complexity index is 1250. The molecule has 2 aromatic carbocycles. The van der Waals surface area contributed by atoms with Gasteiger partial charge in [0.15, 0.2) is 0 Å². The second-order valence-corrected chi connectivity index (χ2v) is 8.29. The maximum absolute atomic E-state index is 12.7. The lowest BCUT2D eigenvalue weighted by atomic mass is 10.1. The first kappa shape index (κ1) is 21.1. The van der Waals surface area contributed by atoms with Crippen LogP contribution in [0, 0.1) is 0 Å². The molecule has 32 heavy (non-hydrogen) atoms. The Morgan fingerprint density at radius 2 is 1.84 bits per heavy atom. The van der Waals surface area contributed by atoms with Crippen molar-refractivity contribution in [2.24, 2.45) is 0 Å². The van der Waals surface area contributed by atoms with E-state index in [1.54, 1.807) is 12.1 Å². The lowest BCUT2D eigenvalue weighted by Gasteiger charge is -2.27. The van der Waals surface area contributed by atoms with E-state index >= 15 is 0 Å². The smallest absolute Gasteiger partial charge is 0.387 e. The quantitative estimate of drug-likeness (QED) is 0.442. The highest BCUT2D eigenvalue weighted by Gasteiger charge is 2.16. The van der Waals surface area contributed by atoms with Crippen LogP contribution >= 0.6 is 11.6 Å². The molecular weight excluding hydrogens is 434 g/mol. The van der Waals surface area contributed by atoms with E-state index in [0.717, 1.165) is 72.5 Å². The highest BCUT2D eigenvalue weighted by molar-refractivity contribution is 6.35. The number of ether oxygens (including phenoxy) is 1. The third-order valence-electron chi connectivity index (χ3n) is 5.88. The molecule has 1 aliphatic rings. The Balaban J connectivity index is 1.58. The number of piperazine rings is 1. The lowest BCUT2D eigenvalue weighted by molar-refractivity contribution is -0.0497. The molecular formula is C24H23ClF2N4O. The molecule has 0 saturated carbocycles. The van der Waals surface area contributed by atoms with Crippen LogP contribution in [0.5, 0.6) is 5.75 Å². The van der Waals surface area contributed by atoms with Crippen molar-refractivity contribution in [2.45, 2.75) is 13.2 Å². The van der Waals surface area contributed by atoms with Gasteiger partial charge >= 0.3 is 6.61 Å². The molecule has 0 aliphatic carbocycles. The van der Waals surface area contributed by atoms with Crippen molar-refractivity contribution in [3.63, 3.8) is 0 Å². The zero-order valence-electron chi connectivity index (χ0n) is 17.4. The molecule has 3 heterocycles. The molecule has 2 aromatic heterocycles. The van der Waals surface area contributed by atoms with Gasteiger partial charge in [-0.1, -0.05) is 29.8 Å². The summed E-state index contributed by atoms with van der Waals surface area (Å²) in [5, 5.41) is 5.77. The minimum atomic E-state index is -2.86. The van der Waals surface area contributed by atoms with E-state index < -0.39 is 6.61 Å². The number of halogens is 3. The molecule has 1 aliphatic heterocycles. The number of hydrogen-bond acceptors (Lipinski definition) is 4. The molecule has 166 valence electrons. The second kappa shape index (κ2) is 9.02. The number of hydrogen-bond donors (Lipinski definition) is 1. The van der Waals surface area contributed by atoms with Gasteiger partial charge in [-0.05, 0) is 36.4 Å². The van der Waals surface area contributed by atoms with Crippen molar-refractivity contribution in [3.05, 3.63) is 59.6 Å². The van der Waals surface area contributed by atoms with E-state index in [2.05, 4.69) is 19.5 Å². The fourth-order valence-corrected chi connectivity index (χ4v) is 4.53. The number of pyridine rings is 1. The first-order valence-electron chi connectivity index (χ1n) is 10.7. The summed E-state index contributed by atoms with van der Waals surface area (Å²) in [7, 11) is 0. The molecule has 5 rings (SSSR count). The molecule has 0 unspecified atom stereocenters. The van der Waals surface area contributed by atoms with Crippen molar-refractivity contribution in [1.82, 2.24) is 19.8 Å². The molecule has 5 nitrogen and oxygen atoms in total. The summed E-state index contributed by atoms with van der Waals surface area (Å²) in [5.41, 5.74) is 3.41. The summed E-state index contributed by atoms with van der Waals surface area (Å²) < 4.78 is 32.3. The normalized spacial score (nSPS) is 15.1. The topological polar surface area (TPSA) is 42.3 Å². The van der Waals surface area contributed by atoms with Crippen LogP contribution in [0.4, 0.5) is 8.78 Å². The van der Waals surface area contributed by atoms with Crippen molar-refractivity contribution in [1.29, 1.82) is 0 Å². The van der Waals surface area contributed by atoms with E-state index in [-0.39, 0.29) is 5.75 Å². The van der Waals surface area contributed by atoms with Crippen LogP contribution in [0.3, 0.4) is 0 Å². The van der Waals surface area contributed by atoms with Crippen LogP contribution in [-0.4, -0.2) is 53.8 Å². The van der Waals surface area contributed by atoms with Crippen LogP contribution in [-0.2, 0) is 6.54 Å². The van der Waals surface area contributed by atoms with Gasteiger partial charge in [0.25, 0.3) is 0 Å². The van der Waals surface area contributed by atoms with Gasteiger partial charge in [-0.3, -0.25) is 4.90 Å². The molecule has 1 N–H and O–H groups in total. The first-order chi connectivity index (χ1) is 15.6. The maximum Gasteiger partial charge on any atom is 0.387 e. The first-order valence-corrected chi connectivity index (χ1v) is 11.0. The molecule has 0 atom stereocenters. The van der Waals surface area contributed by atoms with Gasteiger partial charge in [0.2, 0.25) is 0 Å². The van der Waals surface area contributed by atoms with E-state index in [1.165, 1.54) is 0 Å². The largest absolute Gasteiger partial charge is 0.435 e. The fraction of sp³-hybridized carbons (Fsp3) is 0.292. The summed E-state index contributed by atoms with van der Waals surface area (Å²) >= 11 is 6.40. The Labute approximate surface area is 189 Å². The number of nitrogens with zero attached hydrogens (tertiary/aromatic N) is 3. The highest BCUT2D eigenvalue weighted by atomic mass is 35.5. The summed E-state index contributed by atoms with van der Waals surface area (Å²) in [6.45, 7) is 2.77. The summed E-state index contributed by atoms with van der Waals surface area (Å²) in [5.74, 6) is 0.146. The second-order valence-electron chi connectivity index (χ2n) is 7.88. The average molecular weight is 457 g/mol. The van der Waals surface area contributed by atoms with Crippen molar-refractivity contribution < 1.29 is 13.5 Å². The number of para-hydroxylation sites is 1. The third kappa shape index (κ3) is 4.28. The molecule has 0 radical (unpaired) electrons. The Morgan fingerprint density at radius 1 is 1.00 bits per heavy atom. The predicted molar refractivity (Wildman–Crippen MR) is 124 cm³/mol. The molecule has 4 aromatic rings. The number of nitrogens with one attached hydrogen (secondary N) is 1. The van der Waals surface area contributed by atoms with Crippen LogP contribution in [0.25, 0.3) is 33.2 Å². The van der Waals surface area contributed by atoms with Gasteiger partial charge in [-0.15, -0.1) is 0 Å². The number of benzene rings is 2. The van der Waals surface area contributed by atoms with Gasteiger partial charge in [-0.25, -0.2) is 4.98 Å². The molecule has 1 fully saturated rings. The van der Waals surface area contributed by atoms with Gasteiger partial charge in [0.05, 0.1) is 21.9 Å². The molecule has 0 spiro atoms. The zero-order valence-corrected chi connectivity index (χ0v) is 18.2. The third-order valence-corrected chi connectivity index (χ3v) is 6.19. The van der Waals surface area contributed by atoms with E-state index in [1.807, 2.05) is 42.5 Å². The summed E-state index contributed by atoms with van der Waals surface area (Å²) in [6, 6.07) is 16.8. The van der Waals surface area contributed by atoms with Crippen molar-refractivity contribution >= 4 is 33.4 Å². The molecule has 0 bridgehead atoms. The minimum Gasteiger partial charge on any atom is -0.435 e. The molecule has 8 heteroatoms. The SMILES string of the molecule is FC(F)Oc1ccc2c(c1)cc(-c1ccc3cccc(Cl)c3n1)n2CCN1CCNCC1. The number of rotatable bonds is 6. The Morgan fingerprint density at radius 3 is 2.66 bits per heavy atom. The number of aromatic nitrogens is 2.